The van der Waals surface area contributed by atoms with E-state index in [1.54, 1.807) is 30.3 Å². The van der Waals surface area contributed by atoms with Crippen LogP contribution >= 0.6 is 48.8 Å². The zero-order chi connectivity index (χ0) is 88.4. The highest BCUT2D eigenvalue weighted by Gasteiger charge is 2.41. The molecule has 1 aliphatic rings. The van der Waals surface area contributed by atoms with Crippen LogP contribution in [0.25, 0.3) is 0 Å². The average Bonchev–Trinajstić information content (AvgIpc) is 1.62. The number of primary amides is 3. The molecule has 1 fully saturated rings. The molecule has 32 nitrogen and oxygen atoms in total. The molecule has 0 saturated carbocycles. The van der Waals surface area contributed by atoms with Crippen molar-refractivity contribution in [1.29, 1.82) is 0 Å². The SMILES string of the molecule is CCCCCCCCCCCCCCCC(=O)N[C@@H](CS)C(=O)SCCC(=O)N[C@@H](Cc1ccc(O)cc1)C(=O)N[C@@H](Cc1ccccc1)C(=O)N[C@@H](CCC(N)=O)C(=O)N[C@@H](CC(N)=O)C(=O)N[C@@H](CSC(=O)[C@H](CS)NC(=O)CCCCCCCCCCCCCCC)C(=O)N1CCC[C@H]1C(=O)N[C@H](CCCN=C(N)N)C(=O)NCC(N)=O. The smallest absolute Gasteiger partial charge is 0.246 e. The maximum absolute atomic E-state index is 15.1. The van der Waals surface area contributed by atoms with E-state index in [1.807, 2.05) is 0 Å². The second-order valence-corrected chi connectivity index (χ2v) is 33.5. The Kier molecular flexibility index (Phi) is 55.7. The zero-order valence-corrected chi connectivity index (χ0v) is 73.7. The Balaban J connectivity index is 1.91. The molecule has 1 aliphatic heterocycles. The second-order valence-electron chi connectivity index (χ2n) is 30.6. The number of phenols is 1. The van der Waals surface area contributed by atoms with Gasteiger partial charge in [0, 0.05) is 74.6 Å². The van der Waals surface area contributed by atoms with Gasteiger partial charge in [-0.05, 0) is 68.2 Å². The summed E-state index contributed by atoms with van der Waals surface area (Å²) < 4.78 is 0. The molecule has 0 spiro atoms. The minimum absolute atomic E-state index is 0.00422. The summed E-state index contributed by atoms with van der Waals surface area (Å²) in [5, 5.41) is 32.3. The molecule has 0 bridgehead atoms. The van der Waals surface area contributed by atoms with Crippen molar-refractivity contribution in [2.24, 2.45) is 33.7 Å². The molecule has 3 rings (SSSR count). The van der Waals surface area contributed by atoms with Crippen molar-refractivity contribution in [3.8, 4) is 5.75 Å². The molecule has 36 heteroatoms. The number of benzene rings is 2. The lowest BCUT2D eigenvalue weighted by Gasteiger charge is -2.31. The summed E-state index contributed by atoms with van der Waals surface area (Å²) in [5.41, 5.74) is 28.5. The first kappa shape index (κ1) is 106. The second kappa shape index (κ2) is 63.3. The van der Waals surface area contributed by atoms with E-state index in [9.17, 15) is 72.2 Å². The van der Waals surface area contributed by atoms with Crippen molar-refractivity contribution in [2.45, 2.75) is 312 Å². The van der Waals surface area contributed by atoms with Crippen LogP contribution in [0.5, 0.6) is 5.75 Å². The lowest BCUT2D eigenvalue weighted by Crippen LogP contribution is -2.61. The van der Waals surface area contributed by atoms with Gasteiger partial charge in [0.05, 0.1) is 13.0 Å². The topological polar surface area (TPSA) is 530 Å². The Labute approximate surface area is 727 Å². The number of amides is 13. The van der Waals surface area contributed by atoms with E-state index in [0.29, 0.717) is 35.7 Å². The largest absolute Gasteiger partial charge is 0.508 e. The molecule has 0 aliphatic carbocycles. The van der Waals surface area contributed by atoms with E-state index in [2.05, 4.69) is 91.9 Å². The van der Waals surface area contributed by atoms with Gasteiger partial charge in [-0.3, -0.25) is 76.9 Å². The molecule has 2 aromatic carbocycles. The molecule has 120 heavy (non-hydrogen) atoms. The van der Waals surface area contributed by atoms with Crippen LogP contribution in [0.3, 0.4) is 0 Å². The van der Waals surface area contributed by atoms with Gasteiger partial charge in [0.15, 0.2) is 5.96 Å². The van der Waals surface area contributed by atoms with Crippen LogP contribution in [0, 0.1) is 0 Å². The number of hydrogen-bond acceptors (Lipinski definition) is 21. The number of carbonyl (C=O) groups is 15. The number of hydrogen-bond donors (Lipinski definition) is 17. The number of aliphatic imine (C=N–C) groups is 1. The average molecular weight is 1750 g/mol. The highest BCUT2D eigenvalue weighted by atomic mass is 32.2. The fraction of sp³-hybridized carbons (Fsp3) is 0.667. The third kappa shape index (κ3) is 47.0. The normalized spacial score (nSPS) is 14.4. The number of aromatic hydroxyl groups is 1. The van der Waals surface area contributed by atoms with Crippen molar-refractivity contribution in [3.63, 3.8) is 0 Å². The van der Waals surface area contributed by atoms with Crippen LogP contribution in [-0.2, 0) is 84.8 Å². The van der Waals surface area contributed by atoms with E-state index < -0.39 is 167 Å². The molecular formula is C84H136N16O16S4. The number of likely N-dealkylation sites (tertiary alicyclic amines) is 1. The number of rotatable bonds is 67. The lowest BCUT2D eigenvalue weighted by atomic mass is 10.0. The lowest BCUT2D eigenvalue weighted by molar-refractivity contribution is -0.142. The van der Waals surface area contributed by atoms with Gasteiger partial charge >= 0.3 is 0 Å². The first-order chi connectivity index (χ1) is 57.6. The van der Waals surface area contributed by atoms with Gasteiger partial charge in [0.2, 0.25) is 87.0 Å². The maximum atomic E-state index is 15.1. The number of thioether (sulfide) groups is 2. The van der Waals surface area contributed by atoms with Crippen LogP contribution in [0.15, 0.2) is 59.6 Å². The number of nitrogens with two attached hydrogens (primary N) is 5. The van der Waals surface area contributed by atoms with Crippen molar-refractivity contribution in [2.75, 3.05) is 42.6 Å². The number of guanidine groups is 1. The Hall–Kier alpha value is -8.64. The van der Waals surface area contributed by atoms with E-state index in [-0.39, 0.29) is 106 Å². The van der Waals surface area contributed by atoms with E-state index >= 15 is 4.79 Å². The molecule has 0 aromatic heterocycles. The van der Waals surface area contributed by atoms with Crippen LogP contribution < -0.4 is 76.5 Å². The molecule has 9 atom stereocenters. The van der Waals surface area contributed by atoms with Gasteiger partial charge in [-0.2, -0.15) is 25.3 Å². The van der Waals surface area contributed by atoms with E-state index in [1.165, 1.54) is 121 Å². The van der Waals surface area contributed by atoms with E-state index in [0.717, 1.165) is 74.4 Å². The number of phenolic OH excluding ortho intramolecular Hbond substituents is 1. The molecule has 13 amide bonds. The Morgan fingerprint density at radius 2 is 0.867 bits per heavy atom. The molecule has 20 N–H and O–H groups in total. The number of nitrogens with zero attached hydrogens (tertiary/aromatic N) is 2. The molecule has 0 radical (unpaired) electrons. The first-order valence-corrected chi connectivity index (χ1v) is 46.1. The van der Waals surface area contributed by atoms with Crippen LogP contribution in [0.4, 0.5) is 0 Å². The highest BCUT2D eigenvalue weighted by molar-refractivity contribution is 8.14. The van der Waals surface area contributed by atoms with Crippen LogP contribution in [0.2, 0.25) is 0 Å². The van der Waals surface area contributed by atoms with Gasteiger partial charge in [-0.25, -0.2) is 0 Å². The fourth-order valence-corrected chi connectivity index (χ4v) is 16.1. The zero-order valence-electron chi connectivity index (χ0n) is 70.3. The van der Waals surface area contributed by atoms with Gasteiger partial charge in [0.1, 0.15) is 60.1 Å². The molecule has 1 saturated heterocycles. The summed E-state index contributed by atoms with van der Waals surface area (Å²) in [5.74, 6) is -12.5. The number of carbonyl (C=O) groups excluding carboxylic acids is 15. The first-order valence-electron chi connectivity index (χ1n) is 42.8. The standard InChI is InChI=1S/C84H136N16O16S4/c1-3-5-7-9-11-13-15-17-19-21-23-25-30-38-72(105)93-65(54-117)82(115)119-49-46-74(107)92-62(51-58-40-42-59(101)43-41-58)77(110)97-63(50-57-34-28-27-29-35-57)78(111)95-61(44-45-69(85)102)76(109)98-64(52-70(86)103)79(112)99-67(56-120-83(116)66(55-118)94-73(106)39-31-26-24-22-20-18-16-14-12-10-8-6-4-2)81(114)100-48-33-37-68(100)80(113)96-60(36-32-47-90-84(88)89)75(108)91-53-71(87)104/h27-29,34-35,40-43,60-68,101,117-118H,3-26,30-33,36-39,44-56H2,1-2H3,(H2,85,102)(H2,86,103)(H2,87,104)(H,91,108)(H,92,107)(H,93,105)(H,94,106)(H,95,111)(H,96,113)(H,97,110)(H,98,109)(H,99,112)(H4,88,89,90)/t60-,61+,62+,63+,64+,65+,66+,67+,68+/m1/s1. The molecule has 2 aromatic rings. The van der Waals surface area contributed by atoms with Gasteiger partial charge in [-0.1, -0.05) is 234 Å². The quantitative estimate of drug-likeness (QED) is 0.0166. The summed E-state index contributed by atoms with van der Waals surface area (Å²) in [4.78, 5) is 212. The van der Waals surface area contributed by atoms with Gasteiger partial charge in [-0.15, -0.1) is 0 Å². The fourth-order valence-electron chi connectivity index (χ4n) is 13.6. The van der Waals surface area contributed by atoms with Crippen molar-refractivity contribution in [3.05, 3.63) is 65.7 Å². The monoisotopic (exact) mass is 1750 g/mol. The molecule has 0 unspecified atom stereocenters. The third-order valence-electron chi connectivity index (χ3n) is 20.3. The van der Waals surface area contributed by atoms with Crippen LogP contribution in [0.1, 0.15) is 256 Å². The molecule has 1 heterocycles. The van der Waals surface area contributed by atoms with Gasteiger partial charge < -0.3 is 86.5 Å². The summed E-state index contributed by atoms with van der Waals surface area (Å²) >= 11 is 10.0. The summed E-state index contributed by atoms with van der Waals surface area (Å²) in [7, 11) is 0. The van der Waals surface area contributed by atoms with E-state index in [4.69, 9.17) is 28.7 Å². The minimum Gasteiger partial charge on any atom is -0.508 e. The number of thiol groups is 2. The van der Waals surface area contributed by atoms with Gasteiger partial charge in [0.25, 0.3) is 0 Å². The number of unbranched alkanes of at least 4 members (excludes halogenated alkanes) is 24. The Morgan fingerprint density at radius 3 is 1.35 bits per heavy atom. The third-order valence-corrected chi connectivity index (χ3v) is 23.1. The Morgan fingerprint density at radius 1 is 0.442 bits per heavy atom. The summed E-state index contributed by atoms with van der Waals surface area (Å²) in [6, 6.07) is 0.730. The predicted octanol–water partition coefficient (Wildman–Crippen LogP) is 5.57. The minimum atomic E-state index is -1.99. The maximum Gasteiger partial charge on any atom is 0.246 e. The van der Waals surface area contributed by atoms with Crippen LogP contribution in [-0.4, -0.2) is 200 Å². The molecule has 672 valence electrons. The predicted molar refractivity (Wildman–Crippen MR) is 474 cm³/mol. The highest BCUT2D eigenvalue weighted by Crippen LogP contribution is 2.24. The molecular weight excluding hydrogens is 1620 g/mol. The van der Waals surface area contributed by atoms with Crippen molar-refractivity contribution >= 4 is 142 Å². The van der Waals surface area contributed by atoms with Crippen molar-refractivity contribution < 1.29 is 77.0 Å². The summed E-state index contributed by atoms with van der Waals surface area (Å²) in [6.45, 7) is 3.77. The Bertz CT molecular complexity index is 3530. The number of nitrogens with one attached hydrogen (secondary N) is 9. The van der Waals surface area contributed by atoms with Crippen molar-refractivity contribution in [1.82, 2.24) is 52.8 Å². The summed E-state index contributed by atoms with van der Waals surface area (Å²) in [6.07, 6.45) is 27.1.